The fourth-order valence-electron chi connectivity index (χ4n) is 6.75. The molecule has 10 heteroatoms. The summed E-state index contributed by atoms with van der Waals surface area (Å²) in [6.07, 6.45) is 8.92. The summed E-state index contributed by atoms with van der Waals surface area (Å²) in [5.41, 5.74) is 2.53. The van der Waals surface area contributed by atoms with Gasteiger partial charge in [0, 0.05) is 25.0 Å². The number of aromatic amines is 1. The maximum atomic E-state index is 13.9. The second-order valence-corrected chi connectivity index (χ2v) is 12.2. The third kappa shape index (κ3) is 4.90. The zero-order chi connectivity index (χ0) is 27.3. The minimum atomic E-state index is -0.663. The fraction of sp³-hybridized carbons (Fsp3) is 0.586. The van der Waals surface area contributed by atoms with Gasteiger partial charge < -0.3 is 20.5 Å². The molecule has 3 fully saturated rings. The summed E-state index contributed by atoms with van der Waals surface area (Å²) >= 11 is 0. The summed E-state index contributed by atoms with van der Waals surface area (Å²) in [6.45, 7) is 4.17. The third-order valence-electron chi connectivity index (χ3n) is 9.52. The minimum absolute atomic E-state index is 0.0489. The smallest absolute Gasteiger partial charge is 0.326 e. The van der Waals surface area contributed by atoms with E-state index in [0.29, 0.717) is 22.8 Å². The number of imidazole rings is 1. The first-order valence-electron chi connectivity index (χ1n) is 14.3. The lowest BCUT2D eigenvalue weighted by Gasteiger charge is -2.42. The van der Waals surface area contributed by atoms with Crippen molar-refractivity contribution in [3.63, 3.8) is 0 Å². The summed E-state index contributed by atoms with van der Waals surface area (Å²) in [6, 6.07) is 6.77. The molecule has 1 saturated heterocycles. The van der Waals surface area contributed by atoms with Crippen LogP contribution in [0.15, 0.2) is 35.3 Å². The zero-order valence-electron chi connectivity index (χ0n) is 23.1. The van der Waals surface area contributed by atoms with E-state index in [9.17, 15) is 14.4 Å². The van der Waals surface area contributed by atoms with Crippen LogP contribution in [0.2, 0.25) is 0 Å². The predicted octanol–water partition coefficient (Wildman–Crippen LogP) is 3.28. The molecule has 2 saturated carbocycles. The first-order chi connectivity index (χ1) is 18.7. The highest BCUT2D eigenvalue weighted by Gasteiger charge is 2.54. The zero-order valence-corrected chi connectivity index (χ0v) is 23.1. The van der Waals surface area contributed by atoms with Crippen LogP contribution in [0.5, 0.6) is 0 Å². The van der Waals surface area contributed by atoms with Crippen molar-refractivity contribution in [2.45, 2.75) is 64.0 Å². The number of benzene rings is 1. The molecule has 39 heavy (non-hydrogen) atoms. The number of hydrogen-bond acceptors (Lipinski definition) is 5. The average molecular weight is 534 g/mol. The van der Waals surface area contributed by atoms with Gasteiger partial charge in [-0.2, -0.15) is 5.10 Å². The lowest BCUT2D eigenvalue weighted by molar-refractivity contribution is -0.121. The maximum absolute atomic E-state index is 13.9. The SMILES string of the molecule is CN1CCC(n2c(=O)[nH]c3cc(NC(=O)[C@@H](NC(=O)c4ccnn4C)C(C4CCC4)C4(C)CC4)ccc32)CC1. The van der Waals surface area contributed by atoms with Crippen molar-refractivity contribution in [3.8, 4) is 0 Å². The van der Waals surface area contributed by atoms with Gasteiger partial charge in [-0.25, -0.2) is 4.79 Å². The number of aromatic nitrogens is 4. The van der Waals surface area contributed by atoms with Gasteiger partial charge in [0.15, 0.2) is 0 Å². The number of carbonyl (C=O) groups is 2. The van der Waals surface area contributed by atoms with Crippen LogP contribution in [0.3, 0.4) is 0 Å². The van der Waals surface area contributed by atoms with Crippen LogP contribution in [-0.2, 0) is 11.8 Å². The summed E-state index contributed by atoms with van der Waals surface area (Å²) in [7, 11) is 3.83. The first kappa shape index (κ1) is 25.9. The Bertz CT molecular complexity index is 1440. The van der Waals surface area contributed by atoms with E-state index in [2.05, 4.69) is 39.6 Å². The van der Waals surface area contributed by atoms with E-state index in [1.54, 1.807) is 19.3 Å². The molecule has 0 bridgehead atoms. The van der Waals surface area contributed by atoms with E-state index in [4.69, 9.17) is 0 Å². The van der Waals surface area contributed by atoms with Gasteiger partial charge in [-0.15, -0.1) is 0 Å². The topological polar surface area (TPSA) is 117 Å². The average Bonchev–Trinajstić information content (AvgIpc) is 3.32. The Morgan fingerprint density at radius 1 is 1.10 bits per heavy atom. The molecule has 6 rings (SSSR count). The second kappa shape index (κ2) is 9.97. The van der Waals surface area contributed by atoms with Crippen molar-refractivity contribution in [1.82, 2.24) is 29.5 Å². The van der Waals surface area contributed by atoms with Crippen molar-refractivity contribution < 1.29 is 9.59 Å². The van der Waals surface area contributed by atoms with E-state index in [0.717, 1.165) is 57.1 Å². The normalized spacial score (nSPS) is 21.3. The first-order valence-corrected chi connectivity index (χ1v) is 14.3. The van der Waals surface area contributed by atoms with Gasteiger partial charge in [0.1, 0.15) is 11.7 Å². The number of aryl methyl sites for hydroxylation is 1. The Hall–Kier alpha value is -3.40. The standard InChI is InChI=1S/C29H39N7O3/c1-29(12-13-29)24(18-5-4-6-18)25(33-26(37)23-9-14-30-35(23)3)27(38)31-19-7-8-22-21(17-19)32-28(39)36(22)20-10-15-34(2)16-11-20/h7-9,14,17-18,20,24-25H,4-6,10-13,15-16H2,1-3H3,(H,31,38)(H,32,39)(H,33,37)/t24?,25-/m0/s1. The van der Waals surface area contributed by atoms with Gasteiger partial charge in [0.2, 0.25) is 5.91 Å². The maximum Gasteiger partial charge on any atom is 0.326 e. The summed E-state index contributed by atoms with van der Waals surface area (Å²) in [5, 5.41) is 10.3. The Morgan fingerprint density at radius 2 is 1.85 bits per heavy atom. The quantitative estimate of drug-likeness (QED) is 0.411. The number of piperidine rings is 1. The van der Waals surface area contributed by atoms with Crippen molar-refractivity contribution in [3.05, 3.63) is 46.6 Å². The molecule has 2 aromatic heterocycles. The third-order valence-corrected chi connectivity index (χ3v) is 9.52. The van der Waals surface area contributed by atoms with Crippen LogP contribution in [-0.4, -0.2) is 62.2 Å². The fourth-order valence-corrected chi connectivity index (χ4v) is 6.75. The van der Waals surface area contributed by atoms with Crippen LogP contribution in [0.25, 0.3) is 11.0 Å². The van der Waals surface area contributed by atoms with E-state index < -0.39 is 6.04 Å². The molecule has 208 valence electrons. The van der Waals surface area contributed by atoms with E-state index in [-0.39, 0.29) is 34.9 Å². The molecule has 10 nitrogen and oxygen atoms in total. The minimum Gasteiger partial charge on any atom is -0.339 e. The van der Waals surface area contributed by atoms with E-state index in [1.165, 1.54) is 11.1 Å². The molecule has 3 aliphatic rings. The van der Waals surface area contributed by atoms with Crippen LogP contribution >= 0.6 is 0 Å². The number of carbonyl (C=O) groups excluding carboxylic acids is 2. The number of nitrogens with zero attached hydrogens (tertiary/aromatic N) is 4. The highest BCUT2D eigenvalue weighted by Crippen LogP contribution is 2.58. The number of rotatable bonds is 8. The van der Waals surface area contributed by atoms with Gasteiger partial charge in [-0.05, 0) is 87.3 Å². The number of fused-ring (bicyclic) bond motifs is 1. The van der Waals surface area contributed by atoms with Gasteiger partial charge >= 0.3 is 5.69 Å². The Labute approximate surface area is 228 Å². The predicted molar refractivity (Wildman–Crippen MR) is 150 cm³/mol. The number of nitrogens with one attached hydrogen (secondary N) is 3. The summed E-state index contributed by atoms with van der Waals surface area (Å²) in [5.74, 6) is -0.0225. The Morgan fingerprint density at radius 3 is 2.46 bits per heavy atom. The number of hydrogen-bond donors (Lipinski definition) is 3. The highest BCUT2D eigenvalue weighted by atomic mass is 16.2. The van der Waals surface area contributed by atoms with Crippen molar-refractivity contribution in [2.75, 3.05) is 25.5 Å². The van der Waals surface area contributed by atoms with Crippen LogP contribution in [0.4, 0.5) is 5.69 Å². The van der Waals surface area contributed by atoms with Crippen molar-refractivity contribution in [2.24, 2.45) is 24.3 Å². The number of likely N-dealkylation sites (tertiary alicyclic amines) is 1. The van der Waals surface area contributed by atoms with Crippen LogP contribution in [0.1, 0.15) is 68.4 Å². The molecule has 3 N–H and O–H groups in total. The summed E-state index contributed by atoms with van der Waals surface area (Å²) < 4.78 is 3.40. The molecule has 3 aromatic rings. The lowest BCUT2D eigenvalue weighted by atomic mass is 9.66. The van der Waals surface area contributed by atoms with Gasteiger partial charge in [-0.3, -0.25) is 18.8 Å². The molecule has 0 spiro atoms. The van der Waals surface area contributed by atoms with Crippen LogP contribution in [0, 0.1) is 17.3 Å². The molecule has 3 heterocycles. The summed E-state index contributed by atoms with van der Waals surface area (Å²) in [4.78, 5) is 45.4. The highest BCUT2D eigenvalue weighted by molar-refractivity contribution is 6.01. The molecular weight excluding hydrogens is 494 g/mol. The monoisotopic (exact) mass is 533 g/mol. The number of anilines is 1. The van der Waals surface area contributed by atoms with E-state index >= 15 is 0 Å². The number of amides is 2. The largest absolute Gasteiger partial charge is 0.339 e. The lowest BCUT2D eigenvalue weighted by Crippen LogP contribution is -2.54. The molecule has 2 amide bonds. The molecule has 2 atom stereocenters. The molecular formula is C29H39N7O3. The van der Waals surface area contributed by atoms with Crippen molar-refractivity contribution in [1.29, 1.82) is 0 Å². The van der Waals surface area contributed by atoms with E-state index in [1.807, 2.05) is 22.8 Å². The van der Waals surface area contributed by atoms with Crippen molar-refractivity contribution >= 4 is 28.5 Å². The Balaban J connectivity index is 1.27. The molecule has 1 aromatic carbocycles. The Kier molecular flexibility index (Phi) is 6.61. The molecule has 0 radical (unpaired) electrons. The van der Waals surface area contributed by atoms with Gasteiger partial charge in [0.05, 0.1) is 11.0 Å². The molecule has 1 aliphatic heterocycles. The van der Waals surface area contributed by atoms with Gasteiger partial charge in [-0.1, -0.05) is 26.2 Å². The number of H-pyrrole nitrogens is 1. The molecule has 2 aliphatic carbocycles. The van der Waals surface area contributed by atoms with Gasteiger partial charge in [0.25, 0.3) is 5.91 Å². The second-order valence-electron chi connectivity index (χ2n) is 12.2. The molecule has 1 unspecified atom stereocenters. The van der Waals surface area contributed by atoms with Crippen LogP contribution < -0.4 is 16.3 Å².